The molecule has 1 aliphatic heterocycles. The minimum Gasteiger partial charge on any atom is -0.426 e. The van der Waals surface area contributed by atoms with E-state index in [1.54, 1.807) is 19.1 Å². The first-order valence-corrected chi connectivity index (χ1v) is 10.3. The quantitative estimate of drug-likeness (QED) is 0.419. The number of hydrogen-bond acceptors (Lipinski definition) is 5. The topological polar surface area (TPSA) is 66.8 Å². The van der Waals surface area contributed by atoms with Crippen LogP contribution >= 0.6 is 0 Å². The summed E-state index contributed by atoms with van der Waals surface area (Å²) in [6.07, 6.45) is 2.34. The van der Waals surface area contributed by atoms with E-state index < -0.39 is 17.5 Å². The van der Waals surface area contributed by atoms with E-state index in [0.29, 0.717) is 38.1 Å². The molecular formula is C24H29NO4. The number of piperidine rings is 1. The number of Topliss-reactive ketones (excluding diaryl/α,β-unsaturated/α-hetero) is 1. The Morgan fingerprint density at radius 2 is 1.62 bits per heavy atom. The normalized spacial score (nSPS) is 17.4. The average molecular weight is 395 g/mol. The number of carbonyl (C=O) groups is 2. The van der Waals surface area contributed by atoms with E-state index in [1.165, 1.54) is 0 Å². The number of rotatable bonds is 8. The van der Waals surface area contributed by atoms with Crippen molar-refractivity contribution in [2.24, 2.45) is 5.92 Å². The molecule has 1 aliphatic rings. The van der Waals surface area contributed by atoms with Gasteiger partial charge in [0.05, 0.1) is 11.5 Å². The highest BCUT2D eigenvalue weighted by molar-refractivity contribution is 5.95. The highest BCUT2D eigenvalue weighted by atomic mass is 16.5. The zero-order valence-corrected chi connectivity index (χ0v) is 16.9. The van der Waals surface area contributed by atoms with E-state index in [4.69, 9.17) is 4.74 Å². The lowest BCUT2D eigenvalue weighted by Gasteiger charge is -2.40. The van der Waals surface area contributed by atoms with Crippen LogP contribution in [0.25, 0.3) is 0 Å². The first-order chi connectivity index (χ1) is 14.0. The summed E-state index contributed by atoms with van der Waals surface area (Å²) in [5.74, 6) is -0.338. The van der Waals surface area contributed by atoms with E-state index in [1.807, 2.05) is 48.5 Å². The summed E-state index contributed by atoms with van der Waals surface area (Å²) >= 11 is 0. The predicted molar refractivity (Wildman–Crippen MR) is 112 cm³/mol. The first kappa shape index (κ1) is 21.2. The highest BCUT2D eigenvalue weighted by Gasteiger charge is 2.41. The Hall–Kier alpha value is -2.50. The Labute approximate surface area is 172 Å². The molecule has 1 saturated heterocycles. The van der Waals surface area contributed by atoms with Crippen molar-refractivity contribution in [2.75, 3.05) is 19.6 Å². The molecular weight excluding hydrogens is 366 g/mol. The number of esters is 1. The van der Waals surface area contributed by atoms with Crippen LogP contribution in [0.15, 0.2) is 60.7 Å². The summed E-state index contributed by atoms with van der Waals surface area (Å²) in [7, 11) is 0. The Morgan fingerprint density at radius 3 is 2.24 bits per heavy atom. The van der Waals surface area contributed by atoms with Crippen molar-refractivity contribution in [3.63, 3.8) is 0 Å². The van der Waals surface area contributed by atoms with Crippen molar-refractivity contribution in [1.82, 2.24) is 4.90 Å². The third kappa shape index (κ3) is 5.75. The average Bonchev–Trinajstić information content (AvgIpc) is 2.76. The molecule has 0 spiro atoms. The monoisotopic (exact) mass is 395 g/mol. The molecule has 2 aromatic rings. The molecule has 0 bridgehead atoms. The van der Waals surface area contributed by atoms with Crippen molar-refractivity contribution in [3.05, 3.63) is 66.2 Å². The molecule has 1 unspecified atom stereocenters. The van der Waals surface area contributed by atoms with E-state index in [0.717, 1.165) is 18.5 Å². The minimum absolute atomic E-state index is 0.163. The number of carbonyl (C=O) groups excluding carboxylic acids is 2. The summed E-state index contributed by atoms with van der Waals surface area (Å²) in [5.41, 5.74) is -0.298. The SMILES string of the molecule is CC(C(=O)Oc1ccccc1)C1(O)CCN(CCCC(=O)c2ccccc2)CC1. The van der Waals surface area contributed by atoms with E-state index in [9.17, 15) is 14.7 Å². The van der Waals surface area contributed by atoms with Gasteiger partial charge in [-0.15, -0.1) is 0 Å². The number of hydrogen-bond donors (Lipinski definition) is 1. The number of ether oxygens (including phenoxy) is 1. The van der Waals surface area contributed by atoms with Crippen LogP contribution in [0.5, 0.6) is 5.75 Å². The lowest BCUT2D eigenvalue weighted by Crippen LogP contribution is -2.51. The summed E-state index contributed by atoms with van der Waals surface area (Å²) in [4.78, 5) is 26.9. The van der Waals surface area contributed by atoms with Crippen molar-refractivity contribution in [1.29, 1.82) is 0 Å². The largest absolute Gasteiger partial charge is 0.426 e. The number of ketones is 1. The molecule has 3 rings (SSSR count). The molecule has 0 radical (unpaired) electrons. The second-order valence-electron chi connectivity index (χ2n) is 7.79. The third-order valence-electron chi connectivity index (χ3n) is 5.82. The lowest BCUT2D eigenvalue weighted by molar-refractivity contribution is -0.151. The maximum absolute atomic E-state index is 12.4. The maximum Gasteiger partial charge on any atom is 0.316 e. The van der Waals surface area contributed by atoms with Gasteiger partial charge in [-0.1, -0.05) is 48.5 Å². The Morgan fingerprint density at radius 1 is 1.03 bits per heavy atom. The van der Waals surface area contributed by atoms with Gasteiger partial charge in [0.2, 0.25) is 0 Å². The number of aliphatic hydroxyl groups is 1. The van der Waals surface area contributed by atoms with Crippen molar-refractivity contribution in [3.8, 4) is 5.75 Å². The molecule has 2 aromatic carbocycles. The summed E-state index contributed by atoms with van der Waals surface area (Å²) < 4.78 is 5.40. The molecule has 1 heterocycles. The van der Waals surface area contributed by atoms with Crippen LogP contribution in [-0.4, -0.2) is 47.0 Å². The van der Waals surface area contributed by atoms with Gasteiger partial charge in [0, 0.05) is 25.1 Å². The molecule has 154 valence electrons. The number of benzene rings is 2. The fourth-order valence-electron chi connectivity index (χ4n) is 3.74. The van der Waals surface area contributed by atoms with Crippen LogP contribution < -0.4 is 4.74 Å². The standard InChI is InChI=1S/C24H29NO4/c1-19(23(27)29-21-11-6-3-7-12-21)24(28)14-17-25(18-15-24)16-8-13-22(26)20-9-4-2-5-10-20/h2-7,9-12,19,28H,8,13-18H2,1H3. The molecule has 5 nitrogen and oxygen atoms in total. The molecule has 0 aromatic heterocycles. The third-order valence-corrected chi connectivity index (χ3v) is 5.82. The van der Waals surface area contributed by atoms with Crippen molar-refractivity contribution in [2.45, 2.75) is 38.2 Å². The van der Waals surface area contributed by atoms with Crippen LogP contribution in [0.2, 0.25) is 0 Å². The molecule has 0 amide bonds. The zero-order chi connectivity index (χ0) is 20.7. The van der Waals surface area contributed by atoms with Gasteiger partial charge < -0.3 is 14.7 Å². The van der Waals surface area contributed by atoms with Crippen molar-refractivity contribution < 1.29 is 19.4 Å². The van der Waals surface area contributed by atoms with Crippen LogP contribution in [0.3, 0.4) is 0 Å². The van der Waals surface area contributed by atoms with Crippen molar-refractivity contribution >= 4 is 11.8 Å². The van der Waals surface area contributed by atoms with Crippen LogP contribution in [0.1, 0.15) is 43.0 Å². The van der Waals surface area contributed by atoms with Gasteiger partial charge >= 0.3 is 5.97 Å². The van der Waals surface area contributed by atoms with Gasteiger partial charge in [0.1, 0.15) is 5.75 Å². The molecule has 0 saturated carbocycles. The van der Waals surface area contributed by atoms with E-state index >= 15 is 0 Å². The molecule has 5 heteroatoms. The molecule has 1 fully saturated rings. The molecule has 1 atom stereocenters. The molecule has 1 N–H and O–H groups in total. The van der Waals surface area contributed by atoms with Gasteiger partial charge in [0.25, 0.3) is 0 Å². The van der Waals surface area contributed by atoms with Gasteiger partial charge in [0.15, 0.2) is 5.78 Å². The second kappa shape index (κ2) is 9.81. The Kier molecular flexibility index (Phi) is 7.18. The highest BCUT2D eigenvalue weighted by Crippen LogP contribution is 2.31. The Balaban J connectivity index is 1.42. The first-order valence-electron chi connectivity index (χ1n) is 10.3. The number of para-hydroxylation sites is 1. The summed E-state index contributed by atoms with van der Waals surface area (Å²) in [6, 6.07) is 18.3. The zero-order valence-electron chi connectivity index (χ0n) is 16.9. The number of likely N-dealkylation sites (tertiary alicyclic amines) is 1. The van der Waals surface area contributed by atoms with E-state index in [-0.39, 0.29) is 5.78 Å². The van der Waals surface area contributed by atoms with E-state index in [2.05, 4.69) is 4.90 Å². The van der Waals surface area contributed by atoms with Gasteiger partial charge in [-0.3, -0.25) is 9.59 Å². The Bertz CT molecular complexity index is 798. The predicted octanol–water partition coefficient (Wildman–Crippen LogP) is 3.72. The van der Waals surface area contributed by atoms with Gasteiger partial charge in [-0.05, 0) is 44.9 Å². The van der Waals surface area contributed by atoms with Gasteiger partial charge in [-0.25, -0.2) is 0 Å². The van der Waals surface area contributed by atoms with Gasteiger partial charge in [-0.2, -0.15) is 0 Å². The maximum atomic E-state index is 12.4. The number of nitrogens with zero attached hydrogens (tertiary/aromatic N) is 1. The molecule has 29 heavy (non-hydrogen) atoms. The summed E-state index contributed by atoms with van der Waals surface area (Å²) in [6.45, 7) is 3.97. The fourth-order valence-corrected chi connectivity index (χ4v) is 3.74. The second-order valence-corrected chi connectivity index (χ2v) is 7.79. The lowest BCUT2D eigenvalue weighted by atomic mass is 9.80. The molecule has 0 aliphatic carbocycles. The van der Waals surface area contributed by atoms with Crippen LogP contribution in [-0.2, 0) is 4.79 Å². The summed E-state index contributed by atoms with van der Waals surface area (Å²) in [5, 5.41) is 11.0. The van der Waals surface area contributed by atoms with Crippen LogP contribution in [0.4, 0.5) is 0 Å². The fraction of sp³-hybridized carbons (Fsp3) is 0.417. The van der Waals surface area contributed by atoms with Crippen LogP contribution in [0, 0.1) is 5.92 Å². The minimum atomic E-state index is -1.05. The smallest absolute Gasteiger partial charge is 0.316 e.